The molecule has 5 heteroatoms. The van der Waals surface area contributed by atoms with Crippen molar-refractivity contribution in [3.8, 4) is 0 Å². The Morgan fingerprint density at radius 1 is 1.28 bits per heavy atom. The summed E-state index contributed by atoms with van der Waals surface area (Å²) in [7, 11) is 2.16. The molecule has 1 amide bonds. The number of aryl methyl sites for hydroxylation is 1. The number of benzene rings is 1. The number of likely N-dealkylation sites (N-methyl/N-ethyl adjacent to an activating group) is 1. The molecule has 0 aliphatic carbocycles. The summed E-state index contributed by atoms with van der Waals surface area (Å²) in [5.74, 6) is 0.225. The van der Waals surface area contributed by atoms with Crippen LogP contribution in [0, 0.1) is 0 Å². The largest absolute Gasteiger partial charge is 0.341 e. The number of likely N-dealkylation sites (tertiary alicyclic amines) is 1. The highest BCUT2D eigenvalue weighted by molar-refractivity contribution is 5.76. The molecule has 132 valence electrons. The van der Waals surface area contributed by atoms with Crippen molar-refractivity contribution in [2.45, 2.75) is 38.3 Å². The smallest absolute Gasteiger partial charge is 0.223 e. The highest BCUT2D eigenvalue weighted by Crippen LogP contribution is 2.18. The van der Waals surface area contributed by atoms with Crippen LogP contribution in [0.5, 0.6) is 0 Å². The van der Waals surface area contributed by atoms with E-state index in [0.717, 1.165) is 38.2 Å². The number of amides is 1. The Morgan fingerprint density at radius 2 is 2.12 bits per heavy atom. The van der Waals surface area contributed by atoms with Crippen LogP contribution in [-0.2, 0) is 17.8 Å². The van der Waals surface area contributed by atoms with Gasteiger partial charge in [0.1, 0.15) is 0 Å². The minimum atomic E-state index is 0.225. The maximum atomic E-state index is 12.6. The van der Waals surface area contributed by atoms with Crippen molar-refractivity contribution in [1.82, 2.24) is 19.8 Å². The quantitative estimate of drug-likeness (QED) is 0.812. The number of carbonyl (C=O) groups excluding carboxylic acids is 1. The van der Waals surface area contributed by atoms with Crippen molar-refractivity contribution in [2.75, 3.05) is 20.1 Å². The van der Waals surface area contributed by atoms with Crippen molar-refractivity contribution < 1.29 is 4.79 Å². The number of hydrogen-bond donors (Lipinski definition) is 0. The van der Waals surface area contributed by atoms with Crippen molar-refractivity contribution in [2.24, 2.45) is 0 Å². The third-order valence-electron chi connectivity index (χ3n) is 4.86. The summed E-state index contributed by atoms with van der Waals surface area (Å²) in [6, 6.07) is 10.9. The molecule has 0 saturated carbocycles. The fourth-order valence-electron chi connectivity index (χ4n) is 3.39. The Bertz CT molecular complexity index is 662. The summed E-state index contributed by atoms with van der Waals surface area (Å²) in [6.45, 7) is 2.62. The van der Waals surface area contributed by atoms with Crippen LogP contribution in [0.1, 0.15) is 30.5 Å². The van der Waals surface area contributed by atoms with Gasteiger partial charge in [0.15, 0.2) is 0 Å². The molecule has 0 bridgehead atoms. The molecule has 3 rings (SSSR count). The lowest BCUT2D eigenvalue weighted by Crippen LogP contribution is -2.48. The first-order valence-corrected chi connectivity index (χ1v) is 8.99. The fourth-order valence-corrected chi connectivity index (χ4v) is 3.39. The second-order valence-corrected chi connectivity index (χ2v) is 6.73. The molecule has 0 N–H and O–H groups in total. The van der Waals surface area contributed by atoms with Crippen LogP contribution in [0.25, 0.3) is 0 Å². The molecule has 0 unspecified atom stereocenters. The lowest BCUT2D eigenvalue weighted by Gasteiger charge is -2.37. The zero-order chi connectivity index (χ0) is 17.5. The number of nitrogens with zero attached hydrogens (tertiary/aromatic N) is 4. The number of rotatable bonds is 6. The van der Waals surface area contributed by atoms with Gasteiger partial charge in [-0.1, -0.05) is 30.3 Å². The maximum absolute atomic E-state index is 12.6. The van der Waals surface area contributed by atoms with Crippen LogP contribution >= 0.6 is 0 Å². The summed E-state index contributed by atoms with van der Waals surface area (Å²) < 4.78 is 0. The highest BCUT2D eigenvalue weighted by atomic mass is 16.2. The lowest BCUT2D eigenvalue weighted by molar-refractivity contribution is -0.133. The first-order valence-electron chi connectivity index (χ1n) is 8.99. The van der Waals surface area contributed by atoms with Crippen LogP contribution in [0.2, 0.25) is 0 Å². The number of piperidine rings is 1. The Balaban J connectivity index is 1.50. The molecule has 1 aliphatic heterocycles. The van der Waals surface area contributed by atoms with Crippen LogP contribution in [0.15, 0.2) is 48.9 Å². The average molecular weight is 338 g/mol. The molecule has 0 spiro atoms. The minimum absolute atomic E-state index is 0.225. The average Bonchev–Trinajstić information content (AvgIpc) is 2.68. The third kappa shape index (κ3) is 5.10. The summed E-state index contributed by atoms with van der Waals surface area (Å²) in [5.41, 5.74) is 2.20. The molecule has 2 heterocycles. The molecule has 1 atom stereocenters. The highest BCUT2D eigenvalue weighted by Gasteiger charge is 2.26. The van der Waals surface area contributed by atoms with Crippen LogP contribution in [-0.4, -0.2) is 51.9 Å². The number of aromatic nitrogens is 2. The van der Waals surface area contributed by atoms with E-state index in [1.165, 1.54) is 5.56 Å². The summed E-state index contributed by atoms with van der Waals surface area (Å²) in [5, 5.41) is 0. The SMILES string of the molecule is CN(Cc1ccccc1)[C@H]1CCCN(C(=O)CCc2cnccn2)C1. The molecule has 1 aromatic carbocycles. The summed E-state index contributed by atoms with van der Waals surface area (Å²) in [6.07, 6.45) is 8.46. The molecule has 1 saturated heterocycles. The van der Waals surface area contributed by atoms with Gasteiger partial charge >= 0.3 is 0 Å². The minimum Gasteiger partial charge on any atom is -0.341 e. The van der Waals surface area contributed by atoms with E-state index >= 15 is 0 Å². The Morgan fingerprint density at radius 3 is 2.88 bits per heavy atom. The first-order chi connectivity index (χ1) is 12.2. The van der Waals surface area contributed by atoms with Crippen LogP contribution in [0.4, 0.5) is 0 Å². The second-order valence-electron chi connectivity index (χ2n) is 6.73. The van der Waals surface area contributed by atoms with E-state index in [0.29, 0.717) is 18.9 Å². The van der Waals surface area contributed by atoms with Gasteiger partial charge in [-0.3, -0.25) is 19.7 Å². The van der Waals surface area contributed by atoms with E-state index in [9.17, 15) is 4.79 Å². The molecule has 1 aromatic heterocycles. The zero-order valence-corrected chi connectivity index (χ0v) is 14.8. The van der Waals surface area contributed by atoms with E-state index in [-0.39, 0.29) is 5.91 Å². The zero-order valence-electron chi connectivity index (χ0n) is 14.8. The third-order valence-corrected chi connectivity index (χ3v) is 4.86. The maximum Gasteiger partial charge on any atom is 0.223 e. The van der Waals surface area contributed by atoms with Gasteiger partial charge in [0, 0.05) is 50.7 Å². The molecule has 1 aliphatic rings. The van der Waals surface area contributed by atoms with Gasteiger partial charge in [-0.15, -0.1) is 0 Å². The topological polar surface area (TPSA) is 49.3 Å². The normalized spacial score (nSPS) is 17.7. The van der Waals surface area contributed by atoms with E-state index < -0.39 is 0 Å². The van der Waals surface area contributed by atoms with Gasteiger partial charge < -0.3 is 4.90 Å². The molecular weight excluding hydrogens is 312 g/mol. The number of carbonyl (C=O) groups is 1. The second kappa shape index (κ2) is 8.72. The summed E-state index contributed by atoms with van der Waals surface area (Å²) >= 11 is 0. The van der Waals surface area contributed by atoms with Gasteiger partial charge in [-0.05, 0) is 31.9 Å². The van der Waals surface area contributed by atoms with Gasteiger partial charge in [0.2, 0.25) is 5.91 Å². The predicted octanol–water partition coefficient (Wildman–Crippen LogP) is 2.53. The Hall–Kier alpha value is -2.27. The fraction of sp³-hybridized carbons (Fsp3) is 0.450. The van der Waals surface area contributed by atoms with E-state index in [1.54, 1.807) is 18.6 Å². The number of hydrogen-bond acceptors (Lipinski definition) is 4. The van der Waals surface area contributed by atoms with Gasteiger partial charge in [0.25, 0.3) is 0 Å². The Kier molecular flexibility index (Phi) is 6.12. The molecule has 5 nitrogen and oxygen atoms in total. The van der Waals surface area contributed by atoms with Gasteiger partial charge in [-0.2, -0.15) is 0 Å². The molecule has 0 radical (unpaired) electrons. The molecular formula is C20H26N4O. The molecule has 2 aromatic rings. The van der Waals surface area contributed by atoms with Gasteiger partial charge in [-0.25, -0.2) is 0 Å². The van der Waals surface area contributed by atoms with Crippen molar-refractivity contribution in [1.29, 1.82) is 0 Å². The Labute approximate surface area is 149 Å². The molecule has 1 fully saturated rings. The van der Waals surface area contributed by atoms with Crippen molar-refractivity contribution >= 4 is 5.91 Å². The van der Waals surface area contributed by atoms with E-state index in [1.807, 2.05) is 11.0 Å². The predicted molar refractivity (Wildman–Crippen MR) is 97.9 cm³/mol. The first kappa shape index (κ1) is 17.5. The monoisotopic (exact) mass is 338 g/mol. The van der Waals surface area contributed by atoms with Gasteiger partial charge in [0.05, 0.1) is 5.69 Å². The van der Waals surface area contributed by atoms with E-state index in [4.69, 9.17) is 0 Å². The van der Waals surface area contributed by atoms with Crippen molar-refractivity contribution in [3.63, 3.8) is 0 Å². The lowest BCUT2D eigenvalue weighted by atomic mass is 10.0. The van der Waals surface area contributed by atoms with Crippen LogP contribution in [0.3, 0.4) is 0 Å². The van der Waals surface area contributed by atoms with Crippen molar-refractivity contribution in [3.05, 3.63) is 60.2 Å². The van der Waals surface area contributed by atoms with E-state index in [2.05, 4.69) is 46.2 Å². The summed E-state index contributed by atoms with van der Waals surface area (Å²) in [4.78, 5) is 25.3. The standard InChI is InChI=1S/C20H26N4O/c1-23(15-17-6-3-2-4-7-17)19-8-5-13-24(16-19)20(25)10-9-18-14-21-11-12-22-18/h2-4,6-7,11-12,14,19H,5,8-10,13,15-16H2,1H3/t19-/m0/s1. The van der Waals surface area contributed by atoms with Crippen LogP contribution < -0.4 is 0 Å². The molecule has 25 heavy (non-hydrogen) atoms.